The molecule has 0 spiro atoms. The van der Waals surface area contributed by atoms with Crippen LogP contribution in [-0.4, -0.2) is 22.7 Å². The molecule has 1 heterocycles. The molecule has 0 aromatic heterocycles. The highest BCUT2D eigenvalue weighted by Crippen LogP contribution is 2.40. The Morgan fingerprint density at radius 2 is 1.77 bits per heavy atom. The van der Waals surface area contributed by atoms with Gasteiger partial charge >= 0.3 is 0 Å². The Kier molecular flexibility index (Phi) is 8.15. The molecule has 180 valence electrons. The predicted molar refractivity (Wildman–Crippen MR) is 139 cm³/mol. The largest absolute Gasteiger partial charge is 0.490 e. The first kappa shape index (κ1) is 25.3. The topological polar surface area (TPSA) is 55.8 Å². The second-order valence-corrected chi connectivity index (χ2v) is 9.76. The number of imide groups is 1. The second-order valence-electron chi connectivity index (χ2n) is 7.50. The number of carbonyl (C=O) groups is 2. The van der Waals surface area contributed by atoms with Gasteiger partial charge in [-0.05, 0) is 70.5 Å². The molecule has 2 amide bonds. The Labute approximate surface area is 220 Å². The Hall–Kier alpha value is -2.81. The van der Waals surface area contributed by atoms with Crippen molar-refractivity contribution >= 4 is 56.5 Å². The Morgan fingerprint density at radius 1 is 1.06 bits per heavy atom. The Bertz CT molecular complexity index is 1320. The molecule has 1 fully saturated rings. The minimum absolute atomic E-state index is 0.128. The molecule has 0 saturated carbocycles. The zero-order chi connectivity index (χ0) is 24.9. The van der Waals surface area contributed by atoms with Crippen LogP contribution in [0.25, 0.3) is 6.08 Å². The molecule has 1 aliphatic heterocycles. The summed E-state index contributed by atoms with van der Waals surface area (Å²) < 4.78 is 26.4. The quantitative estimate of drug-likeness (QED) is 0.261. The summed E-state index contributed by atoms with van der Waals surface area (Å²) in [5.74, 6) is 0.0342. The van der Waals surface area contributed by atoms with Crippen molar-refractivity contribution in [1.82, 2.24) is 4.90 Å². The number of halogens is 3. The van der Waals surface area contributed by atoms with Crippen LogP contribution in [0, 0.1) is 5.82 Å². The van der Waals surface area contributed by atoms with Crippen LogP contribution >= 0.6 is 39.3 Å². The van der Waals surface area contributed by atoms with Gasteiger partial charge in [-0.2, -0.15) is 0 Å². The van der Waals surface area contributed by atoms with Crippen molar-refractivity contribution in [2.24, 2.45) is 0 Å². The van der Waals surface area contributed by atoms with E-state index in [0.29, 0.717) is 33.2 Å². The fourth-order valence-electron chi connectivity index (χ4n) is 3.42. The molecule has 4 rings (SSSR count). The number of carbonyl (C=O) groups excluding carboxylic acids is 2. The molecule has 0 unspecified atom stereocenters. The standard InChI is InChI=1S/C26H20BrClFNO4S/c1-2-33-22-12-16(11-19(27)24(22)34-15-18-8-3-5-9-20(18)28)13-23-25(31)30(26(32)35-23)14-17-7-4-6-10-21(17)29/h3-13H,2,14-15H2,1H3/b23-13+. The molecule has 3 aromatic carbocycles. The first-order valence-corrected chi connectivity index (χ1v) is 12.7. The van der Waals surface area contributed by atoms with E-state index >= 15 is 0 Å². The second kappa shape index (κ2) is 11.3. The molecular formula is C26H20BrClFNO4S. The molecule has 0 aliphatic carbocycles. The van der Waals surface area contributed by atoms with E-state index in [-0.39, 0.29) is 23.6 Å². The molecule has 35 heavy (non-hydrogen) atoms. The van der Waals surface area contributed by atoms with Crippen molar-refractivity contribution < 1.29 is 23.5 Å². The number of hydrogen-bond donors (Lipinski definition) is 0. The highest BCUT2D eigenvalue weighted by molar-refractivity contribution is 9.10. The van der Waals surface area contributed by atoms with Crippen LogP contribution in [-0.2, 0) is 17.9 Å². The molecule has 5 nitrogen and oxygen atoms in total. The van der Waals surface area contributed by atoms with Gasteiger partial charge < -0.3 is 9.47 Å². The number of amides is 2. The van der Waals surface area contributed by atoms with Gasteiger partial charge in [0.1, 0.15) is 12.4 Å². The van der Waals surface area contributed by atoms with Crippen molar-refractivity contribution in [1.29, 1.82) is 0 Å². The molecule has 9 heteroatoms. The van der Waals surface area contributed by atoms with E-state index < -0.39 is 17.0 Å². The average Bonchev–Trinajstić information content (AvgIpc) is 3.08. The minimum atomic E-state index is -0.476. The van der Waals surface area contributed by atoms with E-state index in [1.54, 1.807) is 42.5 Å². The Balaban J connectivity index is 1.57. The van der Waals surface area contributed by atoms with Gasteiger partial charge in [-0.25, -0.2) is 4.39 Å². The van der Waals surface area contributed by atoms with E-state index in [1.807, 2.05) is 25.1 Å². The Morgan fingerprint density at radius 3 is 2.49 bits per heavy atom. The van der Waals surface area contributed by atoms with Crippen molar-refractivity contribution in [2.45, 2.75) is 20.1 Å². The lowest BCUT2D eigenvalue weighted by Gasteiger charge is -2.15. The summed E-state index contributed by atoms with van der Waals surface area (Å²) in [5.41, 5.74) is 1.75. The molecular weight excluding hydrogens is 557 g/mol. The smallest absolute Gasteiger partial charge is 0.293 e. The average molecular weight is 577 g/mol. The molecule has 1 saturated heterocycles. The third-order valence-corrected chi connectivity index (χ3v) is 6.98. The monoisotopic (exact) mass is 575 g/mol. The number of ether oxygens (including phenoxy) is 2. The minimum Gasteiger partial charge on any atom is -0.490 e. The summed E-state index contributed by atoms with van der Waals surface area (Å²) >= 11 is 10.6. The summed E-state index contributed by atoms with van der Waals surface area (Å²) in [6.07, 6.45) is 1.61. The fourth-order valence-corrected chi connectivity index (χ4v) is 5.03. The van der Waals surface area contributed by atoms with Gasteiger partial charge in [0, 0.05) is 16.1 Å². The van der Waals surface area contributed by atoms with E-state index in [2.05, 4.69) is 15.9 Å². The van der Waals surface area contributed by atoms with Crippen LogP contribution in [0.2, 0.25) is 5.02 Å². The summed E-state index contributed by atoms with van der Waals surface area (Å²) in [7, 11) is 0. The van der Waals surface area contributed by atoms with Gasteiger partial charge in [0.2, 0.25) is 0 Å². The van der Waals surface area contributed by atoms with E-state index in [9.17, 15) is 14.0 Å². The normalized spacial score (nSPS) is 14.6. The third-order valence-electron chi connectivity index (χ3n) is 5.12. The van der Waals surface area contributed by atoms with Crippen LogP contribution in [0.1, 0.15) is 23.6 Å². The maximum Gasteiger partial charge on any atom is 0.293 e. The van der Waals surface area contributed by atoms with Gasteiger partial charge in [-0.15, -0.1) is 0 Å². The molecule has 0 atom stereocenters. The van der Waals surface area contributed by atoms with Gasteiger partial charge in [0.05, 0.1) is 22.5 Å². The van der Waals surface area contributed by atoms with E-state index in [4.69, 9.17) is 21.1 Å². The van der Waals surface area contributed by atoms with Gasteiger partial charge in [0.25, 0.3) is 11.1 Å². The predicted octanol–water partition coefficient (Wildman–Crippen LogP) is 7.46. The van der Waals surface area contributed by atoms with Gasteiger partial charge in [0.15, 0.2) is 11.5 Å². The third kappa shape index (κ3) is 5.89. The number of benzene rings is 3. The SMILES string of the molecule is CCOc1cc(/C=C2/SC(=O)N(Cc3ccccc3F)C2=O)cc(Br)c1OCc1ccccc1Cl. The fraction of sp³-hybridized carbons (Fsp3) is 0.154. The number of thioether (sulfide) groups is 1. The van der Waals surface area contributed by atoms with Gasteiger partial charge in [-0.1, -0.05) is 48.0 Å². The molecule has 0 bridgehead atoms. The summed E-state index contributed by atoms with van der Waals surface area (Å²) in [5, 5.41) is 0.151. The number of nitrogens with zero attached hydrogens (tertiary/aromatic N) is 1. The van der Waals surface area contributed by atoms with Crippen LogP contribution in [0.5, 0.6) is 11.5 Å². The summed E-state index contributed by atoms with van der Waals surface area (Å²) in [4.78, 5) is 26.7. The van der Waals surface area contributed by atoms with Crippen molar-refractivity contribution in [2.75, 3.05) is 6.61 Å². The van der Waals surface area contributed by atoms with E-state index in [0.717, 1.165) is 22.2 Å². The maximum absolute atomic E-state index is 14.0. The van der Waals surface area contributed by atoms with Crippen molar-refractivity contribution in [3.63, 3.8) is 0 Å². The van der Waals surface area contributed by atoms with Crippen molar-refractivity contribution in [3.05, 3.63) is 97.6 Å². The highest BCUT2D eigenvalue weighted by Gasteiger charge is 2.35. The number of rotatable bonds is 8. The molecule has 0 radical (unpaired) electrons. The first-order valence-electron chi connectivity index (χ1n) is 10.7. The summed E-state index contributed by atoms with van der Waals surface area (Å²) in [6, 6.07) is 17.0. The lowest BCUT2D eigenvalue weighted by Crippen LogP contribution is -2.27. The van der Waals surface area contributed by atoms with E-state index in [1.165, 1.54) is 6.07 Å². The lowest BCUT2D eigenvalue weighted by atomic mass is 10.1. The summed E-state index contributed by atoms with van der Waals surface area (Å²) in [6.45, 7) is 2.37. The maximum atomic E-state index is 14.0. The zero-order valence-corrected chi connectivity index (χ0v) is 21.8. The molecule has 3 aromatic rings. The van der Waals surface area contributed by atoms with Crippen LogP contribution < -0.4 is 9.47 Å². The highest BCUT2D eigenvalue weighted by atomic mass is 79.9. The zero-order valence-electron chi connectivity index (χ0n) is 18.6. The van der Waals surface area contributed by atoms with Gasteiger partial charge in [-0.3, -0.25) is 14.5 Å². The van der Waals surface area contributed by atoms with Crippen LogP contribution in [0.15, 0.2) is 70.0 Å². The molecule has 1 aliphatic rings. The van der Waals surface area contributed by atoms with Crippen molar-refractivity contribution in [3.8, 4) is 11.5 Å². The lowest BCUT2D eigenvalue weighted by molar-refractivity contribution is -0.123. The van der Waals surface area contributed by atoms with Crippen LogP contribution in [0.4, 0.5) is 9.18 Å². The number of hydrogen-bond acceptors (Lipinski definition) is 5. The van der Waals surface area contributed by atoms with Crippen LogP contribution in [0.3, 0.4) is 0 Å². The first-order chi connectivity index (χ1) is 16.9. The molecule has 0 N–H and O–H groups in total.